The average molecular weight is 215 g/mol. The number of hydrogen-bond acceptors (Lipinski definition) is 3. The van der Waals surface area contributed by atoms with Crippen LogP contribution in [0.2, 0.25) is 0 Å². The monoisotopic (exact) mass is 215 g/mol. The van der Waals surface area contributed by atoms with Gasteiger partial charge in [-0.2, -0.15) is 0 Å². The summed E-state index contributed by atoms with van der Waals surface area (Å²) >= 11 is 0.699. The summed E-state index contributed by atoms with van der Waals surface area (Å²) in [6.07, 6.45) is -2.08. The summed E-state index contributed by atoms with van der Waals surface area (Å²) in [4.78, 5) is 10.9. The normalized spacial score (nSPS) is 14.1. The molecule has 0 spiro atoms. The van der Waals surface area contributed by atoms with Crippen molar-refractivity contribution < 1.29 is 19.1 Å². The van der Waals surface area contributed by atoms with Gasteiger partial charge in [0, 0.05) is 15.4 Å². The number of aryl methyl sites for hydroxylation is 1. The van der Waals surface area contributed by atoms with Gasteiger partial charge in [-0.15, -0.1) is 11.8 Å². The summed E-state index contributed by atoms with van der Waals surface area (Å²) < 4.78 is 21.3. The zero-order chi connectivity index (χ0) is 13.1. The molecule has 0 aliphatic heterocycles. The quantitative estimate of drug-likeness (QED) is 0.755. The van der Waals surface area contributed by atoms with Crippen LogP contribution < -0.4 is 0 Å². The molecule has 0 unspecified atom stereocenters. The Bertz CT molecular complexity index is 418. The molecule has 0 heterocycles. The van der Waals surface area contributed by atoms with Crippen LogP contribution in [0, 0.1) is 0 Å². The first-order chi connectivity index (χ1) is 7.78. The molecule has 0 saturated carbocycles. The largest absolute Gasteiger partial charge is 0.508 e. The lowest BCUT2D eigenvalue weighted by molar-refractivity contribution is -0.136. The highest BCUT2D eigenvalue weighted by Gasteiger charge is 2.05. The molecular weight excluding hydrogens is 200 g/mol. The first-order valence-electron chi connectivity index (χ1n) is 5.50. The molecule has 2 N–H and O–H groups in total. The Morgan fingerprint density at radius 2 is 2.43 bits per heavy atom. The molecule has 0 aliphatic carbocycles. The fourth-order valence-electron chi connectivity index (χ4n) is 1.07. The zero-order valence-corrected chi connectivity index (χ0v) is 8.17. The number of carbonyl (C=O) groups is 1. The third-order valence-electron chi connectivity index (χ3n) is 1.78. The Hall–Kier alpha value is -1.16. The van der Waals surface area contributed by atoms with E-state index in [0.717, 1.165) is 0 Å². The van der Waals surface area contributed by atoms with Gasteiger partial charge in [-0.05, 0) is 36.4 Å². The maximum absolute atomic E-state index is 10.4. The van der Waals surface area contributed by atoms with Crippen molar-refractivity contribution in [3.63, 3.8) is 0 Å². The SMILES string of the molecule is [2H]C([2H])([2H])Sc1ccc(O)c(CCC(=O)O)c1. The van der Waals surface area contributed by atoms with Crippen LogP contribution in [0.1, 0.15) is 16.1 Å². The second-order valence-corrected chi connectivity index (χ2v) is 3.46. The Kier molecular flexibility index (Phi) is 2.51. The number of carboxylic acid groups (broad SMARTS) is 1. The Balaban J connectivity index is 2.83. The number of rotatable bonds is 4. The minimum atomic E-state index is -2.15. The molecule has 0 amide bonds. The van der Waals surface area contributed by atoms with E-state index in [1.165, 1.54) is 18.2 Å². The molecule has 1 aromatic carbocycles. The van der Waals surface area contributed by atoms with Gasteiger partial charge in [-0.1, -0.05) is 0 Å². The number of phenolic OH excluding ortho intramolecular Hbond substituents is 1. The topological polar surface area (TPSA) is 57.5 Å². The first kappa shape index (κ1) is 7.17. The number of aliphatic carboxylic acids is 1. The van der Waals surface area contributed by atoms with Crippen molar-refractivity contribution in [2.45, 2.75) is 17.7 Å². The lowest BCUT2D eigenvalue weighted by Crippen LogP contribution is -1.97. The smallest absolute Gasteiger partial charge is 0.303 e. The fraction of sp³-hybridized carbons (Fsp3) is 0.300. The summed E-state index contributed by atoms with van der Waals surface area (Å²) in [7, 11) is 0. The zero-order valence-electron chi connectivity index (χ0n) is 10.4. The highest BCUT2D eigenvalue weighted by atomic mass is 32.2. The third kappa shape index (κ3) is 2.96. The van der Waals surface area contributed by atoms with Crippen LogP contribution in [0.3, 0.4) is 0 Å². The molecule has 0 saturated heterocycles. The van der Waals surface area contributed by atoms with Crippen molar-refractivity contribution in [1.29, 1.82) is 0 Å². The molecular formula is C10H12O3S. The van der Waals surface area contributed by atoms with E-state index in [9.17, 15) is 9.90 Å². The van der Waals surface area contributed by atoms with Crippen LogP contribution >= 0.6 is 11.8 Å². The number of carboxylic acids is 1. The van der Waals surface area contributed by atoms with E-state index in [2.05, 4.69) is 0 Å². The fourth-order valence-corrected chi connectivity index (χ4v) is 1.40. The minimum absolute atomic E-state index is 0.0128. The van der Waals surface area contributed by atoms with Gasteiger partial charge < -0.3 is 10.2 Å². The summed E-state index contributed by atoms with van der Waals surface area (Å²) in [5.41, 5.74) is 0.446. The van der Waals surface area contributed by atoms with Crippen LogP contribution in [0.15, 0.2) is 23.1 Å². The summed E-state index contributed by atoms with van der Waals surface area (Å²) in [6, 6.07) is 4.39. The van der Waals surface area contributed by atoms with E-state index >= 15 is 0 Å². The lowest BCUT2D eigenvalue weighted by atomic mass is 10.1. The molecule has 76 valence electrons. The number of phenols is 1. The van der Waals surface area contributed by atoms with Crippen molar-refractivity contribution in [2.24, 2.45) is 0 Å². The van der Waals surface area contributed by atoms with Crippen LogP contribution in [0.25, 0.3) is 0 Å². The van der Waals surface area contributed by atoms with E-state index in [1.54, 1.807) is 0 Å². The second-order valence-electron chi connectivity index (χ2n) is 2.79. The molecule has 0 aliphatic rings. The van der Waals surface area contributed by atoms with Gasteiger partial charge in [-0.25, -0.2) is 0 Å². The summed E-state index contributed by atoms with van der Waals surface area (Å²) in [6.45, 7) is 0. The molecule has 1 aromatic rings. The lowest BCUT2D eigenvalue weighted by Gasteiger charge is -2.04. The molecule has 0 aromatic heterocycles. The van der Waals surface area contributed by atoms with Crippen molar-refractivity contribution in [3.05, 3.63) is 23.8 Å². The van der Waals surface area contributed by atoms with Gasteiger partial charge in [-0.3, -0.25) is 4.79 Å². The minimum Gasteiger partial charge on any atom is -0.508 e. The van der Waals surface area contributed by atoms with Crippen LogP contribution in [0.5, 0.6) is 5.75 Å². The molecule has 0 atom stereocenters. The number of benzene rings is 1. The van der Waals surface area contributed by atoms with Crippen molar-refractivity contribution in [2.75, 3.05) is 6.18 Å². The molecule has 1 rings (SSSR count). The molecule has 4 heteroatoms. The molecule has 0 radical (unpaired) electrons. The Labute approximate surface area is 91.0 Å². The van der Waals surface area contributed by atoms with Crippen LogP contribution in [-0.4, -0.2) is 22.4 Å². The Morgan fingerprint density at radius 1 is 1.64 bits per heavy atom. The first-order valence-corrected chi connectivity index (χ1v) is 4.82. The maximum atomic E-state index is 10.4. The van der Waals surface area contributed by atoms with E-state index in [4.69, 9.17) is 9.22 Å². The van der Waals surface area contributed by atoms with E-state index in [-0.39, 0.29) is 18.6 Å². The van der Waals surface area contributed by atoms with Crippen molar-refractivity contribution in [1.82, 2.24) is 0 Å². The van der Waals surface area contributed by atoms with Gasteiger partial charge in [0.2, 0.25) is 0 Å². The van der Waals surface area contributed by atoms with E-state index in [1.807, 2.05) is 0 Å². The standard InChI is InChI=1S/C10H12O3S/c1-14-8-3-4-9(11)7(6-8)2-5-10(12)13/h3-4,6,11H,2,5H2,1H3,(H,12,13)/i1D3. The van der Waals surface area contributed by atoms with E-state index < -0.39 is 12.2 Å². The number of thioether (sulfide) groups is 1. The van der Waals surface area contributed by atoms with Crippen LogP contribution in [-0.2, 0) is 11.2 Å². The number of aromatic hydroxyl groups is 1. The van der Waals surface area contributed by atoms with Gasteiger partial charge in [0.1, 0.15) is 5.75 Å². The summed E-state index contributed by atoms with van der Waals surface area (Å²) in [5.74, 6) is -0.973. The van der Waals surface area contributed by atoms with E-state index in [0.29, 0.717) is 22.2 Å². The predicted octanol–water partition coefficient (Wildman–Crippen LogP) is 2.13. The second kappa shape index (κ2) is 4.91. The highest BCUT2D eigenvalue weighted by Crippen LogP contribution is 2.24. The van der Waals surface area contributed by atoms with Crippen molar-refractivity contribution in [3.8, 4) is 5.75 Å². The molecule has 3 nitrogen and oxygen atoms in total. The third-order valence-corrected chi connectivity index (χ3v) is 2.27. The molecule has 14 heavy (non-hydrogen) atoms. The van der Waals surface area contributed by atoms with Gasteiger partial charge in [0.05, 0.1) is 0 Å². The highest BCUT2D eigenvalue weighted by molar-refractivity contribution is 7.98. The van der Waals surface area contributed by atoms with Gasteiger partial charge >= 0.3 is 5.97 Å². The predicted molar refractivity (Wildman–Crippen MR) is 55.8 cm³/mol. The molecule has 0 fully saturated rings. The van der Waals surface area contributed by atoms with Gasteiger partial charge in [0.25, 0.3) is 0 Å². The van der Waals surface area contributed by atoms with Crippen LogP contribution in [0.4, 0.5) is 0 Å². The molecule has 0 bridgehead atoms. The van der Waals surface area contributed by atoms with Crippen molar-refractivity contribution >= 4 is 17.7 Å². The maximum Gasteiger partial charge on any atom is 0.303 e. The number of hydrogen-bond donors (Lipinski definition) is 2. The Morgan fingerprint density at radius 3 is 3.07 bits per heavy atom. The summed E-state index contributed by atoms with van der Waals surface area (Å²) in [5, 5.41) is 18.0. The average Bonchev–Trinajstić information content (AvgIpc) is 2.16. The van der Waals surface area contributed by atoms with Gasteiger partial charge in [0.15, 0.2) is 0 Å².